The molecule has 3 aromatic rings. The second-order valence-corrected chi connectivity index (χ2v) is 6.33. The van der Waals surface area contributed by atoms with E-state index in [1.807, 2.05) is 56.3 Å². The van der Waals surface area contributed by atoms with Crippen LogP contribution in [0.4, 0.5) is 0 Å². The third kappa shape index (κ3) is 3.91. The molecule has 0 aliphatic heterocycles. The Morgan fingerprint density at radius 3 is 2.81 bits per heavy atom. The first-order valence-electron chi connectivity index (χ1n) is 8.61. The smallest absolute Gasteiger partial charge is 0.251 e. The summed E-state index contributed by atoms with van der Waals surface area (Å²) in [5.41, 5.74) is 2.47. The molecule has 0 radical (unpaired) electrons. The molecule has 2 aromatic carbocycles. The van der Waals surface area contributed by atoms with Gasteiger partial charge in [0.25, 0.3) is 5.91 Å². The maximum atomic E-state index is 12.6. The number of carbonyl (C=O) groups is 1. The summed E-state index contributed by atoms with van der Waals surface area (Å²) in [5, 5.41) is 4.92. The van der Waals surface area contributed by atoms with Gasteiger partial charge in [-0.25, -0.2) is 0 Å². The summed E-state index contributed by atoms with van der Waals surface area (Å²) in [5.74, 6) is 0.666. The Hall–Kier alpha value is -3.14. The van der Waals surface area contributed by atoms with E-state index in [1.54, 1.807) is 18.5 Å². The van der Waals surface area contributed by atoms with Crippen LogP contribution in [-0.4, -0.2) is 17.0 Å². The molecule has 1 heterocycles. The van der Waals surface area contributed by atoms with E-state index in [0.717, 1.165) is 27.6 Å². The lowest BCUT2D eigenvalue weighted by Crippen LogP contribution is -2.23. The normalized spacial score (nSPS) is 10.7. The van der Waals surface area contributed by atoms with Gasteiger partial charge in [0.2, 0.25) is 0 Å². The number of fused-ring (bicyclic) bond motifs is 1. The standard InChI is InChI=1S/C22H22N2O2/c1-4-16-12-23-13-18-10-9-17(11-20(16)18)22(25)24-14-19-7-5-6-8-21(19)26-15(2)3/h4-13,15H,1,14H2,2-3H3,(H,24,25). The molecule has 26 heavy (non-hydrogen) atoms. The topological polar surface area (TPSA) is 51.2 Å². The van der Waals surface area contributed by atoms with Crippen LogP contribution in [0.2, 0.25) is 0 Å². The quantitative estimate of drug-likeness (QED) is 0.710. The Morgan fingerprint density at radius 2 is 2.04 bits per heavy atom. The fraction of sp³-hybridized carbons (Fsp3) is 0.182. The zero-order valence-corrected chi connectivity index (χ0v) is 15.0. The van der Waals surface area contributed by atoms with Crippen LogP contribution in [0.1, 0.15) is 35.3 Å². The summed E-state index contributed by atoms with van der Waals surface area (Å²) in [6, 6.07) is 13.3. The largest absolute Gasteiger partial charge is 0.491 e. The predicted molar refractivity (Wildman–Crippen MR) is 105 cm³/mol. The fourth-order valence-corrected chi connectivity index (χ4v) is 2.79. The number of nitrogens with zero attached hydrogens (tertiary/aromatic N) is 1. The molecule has 4 heteroatoms. The van der Waals surface area contributed by atoms with E-state index in [2.05, 4.69) is 16.9 Å². The SMILES string of the molecule is C=Cc1cncc2ccc(C(=O)NCc3ccccc3OC(C)C)cc12. The van der Waals surface area contributed by atoms with Crippen molar-refractivity contribution in [2.75, 3.05) is 0 Å². The maximum Gasteiger partial charge on any atom is 0.251 e. The summed E-state index contributed by atoms with van der Waals surface area (Å²) >= 11 is 0. The van der Waals surface area contributed by atoms with E-state index >= 15 is 0 Å². The zero-order chi connectivity index (χ0) is 18.5. The third-order valence-corrected chi connectivity index (χ3v) is 4.05. The van der Waals surface area contributed by atoms with Crippen molar-refractivity contribution in [3.05, 3.63) is 78.1 Å². The van der Waals surface area contributed by atoms with Gasteiger partial charge < -0.3 is 10.1 Å². The highest BCUT2D eigenvalue weighted by Crippen LogP contribution is 2.21. The van der Waals surface area contributed by atoms with Gasteiger partial charge in [-0.2, -0.15) is 0 Å². The second kappa shape index (κ2) is 7.83. The minimum Gasteiger partial charge on any atom is -0.491 e. The first-order valence-corrected chi connectivity index (χ1v) is 8.61. The third-order valence-electron chi connectivity index (χ3n) is 4.05. The van der Waals surface area contributed by atoms with Gasteiger partial charge in [0.1, 0.15) is 5.75 Å². The molecule has 1 amide bonds. The Kier molecular flexibility index (Phi) is 5.32. The summed E-state index contributed by atoms with van der Waals surface area (Å²) in [7, 11) is 0. The van der Waals surface area contributed by atoms with Gasteiger partial charge in [-0.3, -0.25) is 9.78 Å². The molecule has 0 unspecified atom stereocenters. The number of pyridine rings is 1. The minimum absolute atomic E-state index is 0.0817. The van der Waals surface area contributed by atoms with Gasteiger partial charge in [0.05, 0.1) is 6.10 Å². The predicted octanol–water partition coefficient (Wildman–Crippen LogP) is 4.60. The van der Waals surface area contributed by atoms with Crippen molar-refractivity contribution in [3.63, 3.8) is 0 Å². The molecule has 0 fully saturated rings. The maximum absolute atomic E-state index is 12.6. The van der Waals surface area contributed by atoms with E-state index in [1.165, 1.54) is 0 Å². The number of benzene rings is 2. The van der Waals surface area contributed by atoms with Crippen LogP contribution in [0.3, 0.4) is 0 Å². The van der Waals surface area contributed by atoms with E-state index < -0.39 is 0 Å². The van der Waals surface area contributed by atoms with Crippen LogP contribution in [0.15, 0.2) is 61.4 Å². The first-order chi connectivity index (χ1) is 12.6. The van der Waals surface area contributed by atoms with Gasteiger partial charge in [-0.05, 0) is 37.4 Å². The highest BCUT2D eigenvalue weighted by molar-refractivity contribution is 6.00. The molecule has 0 saturated carbocycles. The number of carbonyl (C=O) groups excluding carboxylic acids is 1. The average Bonchev–Trinajstić information content (AvgIpc) is 2.65. The van der Waals surface area contributed by atoms with Gasteiger partial charge >= 0.3 is 0 Å². The highest BCUT2D eigenvalue weighted by Gasteiger charge is 2.10. The van der Waals surface area contributed by atoms with Crippen LogP contribution < -0.4 is 10.1 Å². The Labute approximate surface area is 153 Å². The molecule has 1 N–H and O–H groups in total. The van der Waals surface area contributed by atoms with Gasteiger partial charge in [0.15, 0.2) is 0 Å². The molecule has 0 aliphatic carbocycles. The molecule has 132 valence electrons. The number of hydrogen-bond donors (Lipinski definition) is 1. The molecule has 1 aromatic heterocycles. The first kappa shape index (κ1) is 17.7. The number of aromatic nitrogens is 1. The van der Waals surface area contributed by atoms with Crippen molar-refractivity contribution in [2.24, 2.45) is 0 Å². The molecule has 3 rings (SSSR count). The van der Waals surface area contributed by atoms with Crippen LogP contribution in [0, 0.1) is 0 Å². The molecule has 0 atom stereocenters. The van der Waals surface area contributed by atoms with Gasteiger partial charge in [-0.1, -0.05) is 36.9 Å². The van der Waals surface area contributed by atoms with E-state index in [-0.39, 0.29) is 12.0 Å². The Morgan fingerprint density at radius 1 is 1.23 bits per heavy atom. The number of nitrogens with one attached hydrogen (secondary N) is 1. The summed E-state index contributed by atoms with van der Waals surface area (Å²) in [6.07, 6.45) is 5.36. The van der Waals surface area contributed by atoms with Crippen LogP contribution in [0.25, 0.3) is 16.8 Å². The van der Waals surface area contributed by atoms with Gasteiger partial charge in [0, 0.05) is 41.0 Å². The fourth-order valence-electron chi connectivity index (χ4n) is 2.79. The lowest BCUT2D eigenvalue weighted by atomic mass is 10.0. The van der Waals surface area contributed by atoms with Crippen LogP contribution in [0.5, 0.6) is 5.75 Å². The average molecular weight is 346 g/mol. The highest BCUT2D eigenvalue weighted by atomic mass is 16.5. The lowest BCUT2D eigenvalue weighted by molar-refractivity contribution is 0.0950. The minimum atomic E-state index is -0.127. The summed E-state index contributed by atoms with van der Waals surface area (Å²) < 4.78 is 5.80. The number of ether oxygens (including phenoxy) is 1. The van der Waals surface area contributed by atoms with Gasteiger partial charge in [-0.15, -0.1) is 0 Å². The number of para-hydroxylation sites is 1. The monoisotopic (exact) mass is 346 g/mol. The molecule has 0 bridgehead atoms. The summed E-state index contributed by atoms with van der Waals surface area (Å²) in [4.78, 5) is 16.8. The van der Waals surface area contributed by atoms with Crippen LogP contribution >= 0.6 is 0 Å². The lowest BCUT2D eigenvalue weighted by Gasteiger charge is -2.14. The number of rotatable bonds is 6. The molecule has 0 aliphatic rings. The zero-order valence-electron chi connectivity index (χ0n) is 15.0. The van der Waals surface area contributed by atoms with E-state index in [0.29, 0.717) is 12.1 Å². The van der Waals surface area contributed by atoms with Crippen molar-refractivity contribution >= 4 is 22.8 Å². The molecule has 0 saturated heterocycles. The Balaban J connectivity index is 1.79. The van der Waals surface area contributed by atoms with Crippen molar-refractivity contribution in [3.8, 4) is 5.75 Å². The van der Waals surface area contributed by atoms with Crippen molar-refractivity contribution in [2.45, 2.75) is 26.5 Å². The molecule has 4 nitrogen and oxygen atoms in total. The second-order valence-electron chi connectivity index (χ2n) is 6.33. The van der Waals surface area contributed by atoms with Crippen molar-refractivity contribution in [1.29, 1.82) is 0 Å². The van der Waals surface area contributed by atoms with E-state index in [4.69, 9.17) is 4.74 Å². The number of amides is 1. The molecular weight excluding hydrogens is 324 g/mol. The summed E-state index contributed by atoms with van der Waals surface area (Å²) in [6.45, 7) is 8.18. The molecule has 0 spiro atoms. The van der Waals surface area contributed by atoms with Crippen LogP contribution in [-0.2, 0) is 6.54 Å². The van der Waals surface area contributed by atoms with Crippen molar-refractivity contribution < 1.29 is 9.53 Å². The Bertz CT molecular complexity index is 948. The number of hydrogen-bond acceptors (Lipinski definition) is 3. The van der Waals surface area contributed by atoms with E-state index in [9.17, 15) is 4.79 Å². The molecular formula is C22H22N2O2. The van der Waals surface area contributed by atoms with Crippen molar-refractivity contribution in [1.82, 2.24) is 10.3 Å².